The summed E-state index contributed by atoms with van der Waals surface area (Å²) in [6.07, 6.45) is 0. The van der Waals surface area contributed by atoms with Gasteiger partial charge < -0.3 is 10.5 Å². The molecule has 0 saturated heterocycles. The van der Waals surface area contributed by atoms with Crippen LogP contribution in [0.4, 0.5) is 0 Å². The van der Waals surface area contributed by atoms with Crippen LogP contribution in [0, 0.1) is 0 Å². The number of rotatable bonds is 5. The summed E-state index contributed by atoms with van der Waals surface area (Å²) >= 11 is 1.67. The standard InChI is InChI=1S/C13H19NOS/c1-4-15-13-7-5-12(6-8-13)10(2)11(3)16-9-14/h5-8H,4,9,14H2,1-3H3/b11-10+. The van der Waals surface area contributed by atoms with E-state index in [2.05, 4.69) is 26.0 Å². The lowest BCUT2D eigenvalue weighted by atomic mass is 10.1. The molecule has 1 rings (SSSR count). The molecule has 1 aromatic carbocycles. The van der Waals surface area contributed by atoms with E-state index in [1.54, 1.807) is 11.8 Å². The molecule has 16 heavy (non-hydrogen) atoms. The quantitative estimate of drug-likeness (QED) is 0.796. The van der Waals surface area contributed by atoms with Gasteiger partial charge >= 0.3 is 0 Å². The van der Waals surface area contributed by atoms with E-state index < -0.39 is 0 Å². The van der Waals surface area contributed by atoms with E-state index in [4.69, 9.17) is 10.5 Å². The molecule has 88 valence electrons. The SMILES string of the molecule is CCOc1ccc(/C(C)=C(\C)SCN)cc1. The van der Waals surface area contributed by atoms with Crippen LogP contribution in [-0.2, 0) is 0 Å². The molecule has 0 aromatic heterocycles. The highest BCUT2D eigenvalue weighted by atomic mass is 32.2. The van der Waals surface area contributed by atoms with E-state index in [0.717, 1.165) is 5.75 Å². The maximum atomic E-state index is 5.52. The number of thioether (sulfide) groups is 1. The molecule has 3 heteroatoms. The zero-order valence-corrected chi connectivity index (χ0v) is 10.9. The molecule has 0 aliphatic carbocycles. The van der Waals surface area contributed by atoms with E-state index in [-0.39, 0.29) is 0 Å². The van der Waals surface area contributed by atoms with Crippen molar-refractivity contribution in [3.8, 4) is 5.75 Å². The summed E-state index contributed by atoms with van der Waals surface area (Å²) in [5.74, 6) is 1.54. The third-order valence-corrected chi connectivity index (χ3v) is 3.33. The van der Waals surface area contributed by atoms with Crippen molar-refractivity contribution in [3.63, 3.8) is 0 Å². The van der Waals surface area contributed by atoms with Crippen LogP contribution in [0.1, 0.15) is 26.3 Å². The van der Waals surface area contributed by atoms with Crippen molar-refractivity contribution in [2.24, 2.45) is 5.73 Å². The monoisotopic (exact) mass is 237 g/mol. The molecule has 0 fully saturated rings. The zero-order chi connectivity index (χ0) is 12.0. The van der Waals surface area contributed by atoms with Gasteiger partial charge in [0.05, 0.1) is 6.61 Å². The number of allylic oxidation sites excluding steroid dienone is 2. The van der Waals surface area contributed by atoms with Gasteiger partial charge in [-0.25, -0.2) is 0 Å². The van der Waals surface area contributed by atoms with Crippen molar-refractivity contribution < 1.29 is 4.74 Å². The van der Waals surface area contributed by atoms with Gasteiger partial charge in [-0.3, -0.25) is 0 Å². The molecule has 0 aliphatic heterocycles. The minimum absolute atomic E-state index is 0.625. The topological polar surface area (TPSA) is 35.2 Å². The maximum absolute atomic E-state index is 5.52. The normalized spacial score (nSPS) is 12.2. The Morgan fingerprint density at radius 2 is 1.88 bits per heavy atom. The molecule has 2 nitrogen and oxygen atoms in total. The van der Waals surface area contributed by atoms with Crippen LogP contribution in [0.3, 0.4) is 0 Å². The van der Waals surface area contributed by atoms with Gasteiger partial charge in [-0.1, -0.05) is 12.1 Å². The molecule has 0 aliphatic rings. The van der Waals surface area contributed by atoms with Crippen molar-refractivity contribution in [1.29, 1.82) is 0 Å². The Balaban J connectivity index is 2.84. The predicted molar refractivity (Wildman–Crippen MR) is 72.5 cm³/mol. The minimum Gasteiger partial charge on any atom is -0.494 e. The maximum Gasteiger partial charge on any atom is 0.119 e. The average molecular weight is 237 g/mol. The second kappa shape index (κ2) is 6.61. The third-order valence-electron chi connectivity index (χ3n) is 2.43. The van der Waals surface area contributed by atoms with E-state index in [0.29, 0.717) is 12.5 Å². The molecule has 0 bridgehead atoms. The lowest BCUT2D eigenvalue weighted by molar-refractivity contribution is 0.340. The molecule has 0 amide bonds. The van der Waals surface area contributed by atoms with Gasteiger partial charge in [0.15, 0.2) is 0 Å². The number of ether oxygens (including phenoxy) is 1. The fourth-order valence-corrected chi connectivity index (χ4v) is 1.99. The van der Waals surface area contributed by atoms with Crippen LogP contribution in [0.5, 0.6) is 5.75 Å². The predicted octanol–water partition coefficient (Wildman–Crippen LogP) is 3.49. The smallest absolute Gasteiger partial charge is 0.119 e. The van der Waals surface area contributed by atoms with Crippen LogP contribution in [-0.4, -0.2) is 12.5 Å². The highest BCUT2D eigenvalue weighted by Crippen LogP contribution is 2.26. The van der Waals surface area contributed by atoms with Crippen LogP contribution in [0.15, 0.2) is 29.2 Å². The first-order valence-corrected chi connectivity index (χ1v) is 6.41. The molecular weight excluding hydrogens is 218 g/mol. The van der Waals surface area contributed by atoms with E-state index in [9.17, 15) is 0 Å². The number of hydrogen-bond acceptors (Lipinski definition) is 3. The fourth-order valence-electron chi connectivity index (χ4n) is 1.40. The summed E-state index contributed by atoms with van der Waals surface area (Å²) in [4.78, 5) is 1.27. The first-order valence-electron chi connectivity index (χ1n) is 5.42. The summed E-state index contributed by atoms with van der Waals surface area (Å²) in [5, 5.41) is 0. The number of nitrogens with two attached hydrogens (primary N) is 1. The first kappa shape index (κ1) is 13.1. The third kappa shape index (κ3) is 3.58. The highest BCUT2D eigenvalue weighted by molar-refractivity contribution is 8.03. The summed E-state index contributed by atoms with van der Waals surface area (Å²) in [6.45, 7) is 6.91. The van der Waals surface area contributed by atoms with E-state index >= 15 is 0 Å². The second-order valence-corrected chi connectivity index (χ2v) is 4.68. The lowest BCUT2D eigenvalue weighted by Gasteiger charge is -2.08. The molecule has 0 spiro atoms. The van der Waals surface area contributed by atoms with Gasteiger partial charge in [0, 0.05) is 5.88 Å². The lowest BCUT2D eigenvalue weighted by Crippen LogP contribution is -1.94. The van der Waals surface area contributed by atoms with Gasteiger partial charge in [-0.2, -0.15) is 0 Å². The van der Waals surface area contributed by atoms with Crippen molar-refractivity contribution in [1.82, 2.24) is 0 Å². The van der Waals surface area contributed by atoms with Gasteiger partial charge in [0.25, 0.3) is 0 Å². The van der Waals surface area contributed by atoms with E-state index in [1.165, 1.54) is 16.0 Å². The Kier molecular flexibility index (Phi) is 5.43. The highest BCUT2D eigenvalue weighted by Gasteiger charge is 2.01. The van der Waals surface area contributed by atoms with Crippen molar-refractivity contribution in [2.75, 3.05) is 12.5 Å². The molecule has 0 unspecified atom stereocenters. The number of hydrogen-bond donors (Lipinski definition) is 1. The summed E-state index contributed by atoms with van der Waals surface area (Å²) in [5.41, 5.74) is 8.02. The van der Waals surface area contributed by atoms with Gasteiger partial charge in [-0.15, -0.1) is 11.8 Å². The summed E-state index contributed by atoms with van der Waals surface area (Å²) < 4.78 is 5.41. The number of benzene rings is 1. The molecule has 0 saturated carbocycles. The summed E-state index contributed by atoms with van der Waals surface area (Å²) in [6, 6.07) is 8.17. The second-order valence-electron chi connectivity index (χ2n) is 3.45. The van der Waals surface area contributed by atoms with Gasteiger partial charge in [0.1, 0.15) is 5.75 Å². The molecule has 0 radical (unpaired) electrons. The fraction of sp³-hybridized carbons (Fsp3) is 0.385. The minimum atomic E-state index is 0.625. The molecule has 0 heterocycles. The molecular formula is C13H19NOS. The Bertz CT molecular complexity index is 357. The molecule has 2 N–H and O–H groups in total. The Morgan fingerprint density at radius 3 is 2.38 bits per heavy atom. The Hall–Kier alpha value is -0.930. The van der Waals surface area contributed by atoms with Gasteiger partial charge in [-0.05, 0) is 48.9 Å². The first-order chi connectivity index (χ1) is 7.69. The van der Waals surface area contributed by atoms with Crippen molar-refractivity contribution in [3.05, 3.63) is 34.7 Å². The van der Waals surface area contributed by atoms with Crippen LogP contribution < -0.4 is 10.5 Å². The Morgan fingerprint density at radius 1 is 1.25 bits per heavy atom. The largest absolute Gasteiger partial charge is 0.494 e. The van der Waals surface area contributed by atoms with Crippen molar-refractivity contribution >= 4 is 17.3 Å². The Labute approximate surface area is 102 Å². The van der Waals surface area contributed by atoms with Crippen LogP contribution in [0.25, 0.3) is 5.57 Å². The molecule has 0 atom stereocenters. The average Bonchev–Trinajstić information content (AvgIpc) is 2.30. The zero-order valence-electron chi connectivity index (χ0n) is 10.1. The van der Waals surface area contributed by atoms with Crippen LogP contribution >= 0.6 is 11.8 Å². The molecule has 1 aromatic rings. The van der Waals surface area contributed by atoms with Crippen molar-refractivity contribution in [2.45, 2.75) is 20.8 Å². The van der Waals surface area contributed by atoms with Crippen LogP contribution in [0.2, 0.25) is 0 Å². The van der Waals surface area contributed by atoms with E-state index in [1.807, 2.05) is 19.1 Å². The summed E-state index contributed by atoms with van der Waals surface area (Å²) in [7, 11) is 0. The van der Waals surface area contributed by atoms with Gasteiger partial charge in [0.2, 0.25) is 0 Å².